The van der Waals surface area contributed by atoms with Gasteiger partial charge in [-0.25, -0.2) is 0 Å². The Hall–Kier alpha value is -0.580. The number of hydrogen-bond donors (Lipinski definition) is 1. The lowest BCUT2D eigenvalue weighted by Crippen LogP contribution is -2.34. The molecule has 1 aromatic carbocycles. The van der Waals surface area contributed by atoms with Gasteiger partial charge in [0.15, 0.2) is 0 Å². The van der Waals surface area contributed by atoms with E-state index in [0.717, 1.165) is 28.9 Å². The first kappa shape index (κ1) is 11.9. The van der Waals surface area contributed by atoms with E-state index in [4.69, 9.17) is 9.47 Å². The molecular weight excluding hydrogens is 270 g/mol. The molecule has 0 aliphatic carbocycles. The van der Waals surface area contributed by atoms with E-state index in [9.17, 15) is 0 Å². The Kier molecular flexibility index (Phi) is 4.21. The Morgan fingerprint density at radius 1 is 1.56 bits per heavy atom. The highest BCUT2D eigenvalue weighted by Gasteiger charge is 2.19. The van der Waals surface area contributed by atoms with E-state index < -0.39 is 0 Å². The van der Waals surface area contributed by atoms with Gasteiger partial charge in [-0.3, -0.25) is 0 Å². The molecule has 0 aromatic heterocycles. The van der Waals surface area contributed by atoms with Crippen molar-refractivity contribution in [2.45, 2.75) is 13.0 Å². The molecule has 88 valence electrons. The highest BCUT2D eigenvalue weighted by atomic mass is 79.9. The topological polar surface area (TPSA) is 30.5 Å². The van der Waals surface area contributed by atoms with E-state index in [1.165, 1.54) is 0 Å². The molecule has 1 aliphatic heterocycles. The second-order valence-corrected chi connectivity index (χ2v) is 4.61. The molecule has 1 aliphatic rings. The summed E-state index contributed by atoms with van der Waals surface area (Å²) in [5.74, 6) is 0.939. The van der Waals surface area contributed by atoms with Crippen molar-refractivity contribution in [3.63, 3.8) is 0 Å². The normalized spacial score (nSPS) is 20.8. The van der Waals surface area contributed by atoms with Gasteiger partial charge in [0.05, 0.1) is 25.9 Å². The molecule has 3 nitrogen and oxygen atoms in total. The summed E-state index contributed by atoms with van der Waals surface area (Å²) in [4.78, 5) is 0. The zero-order chi connectivity index (χ0) is 11.4. The third-order valence-corrected chi connectivity index (χ3v) is 3.06. The lowest BCUT2D eigenvalue weighted by atomic mass is 10.1. The van der Waals surface area contributed by atoms with Crippen LogP contribution in [0.5, 0.6) is 5.75 Å². The van der Waals surface area contributed by atoms with Gasteiger partial charge in [-0.1, -0.05) is 15.9 Å². The molecule has 16 heavy (non-hydrogen) atoms. The molecule has 0 amide bonds. The summed E-state index contributed by atoms with van der Waals surface area (Å²) in [6, 6.07) is 6.32. The van der Waals surface area contributed by atoms with E-state index in [1.54, 1.807) is 0 Å². The largest absolute Gasteiger partial charge is 0.494 e. The highest BCUT2D eigenvalue weighted by Crippen LogP contribution is 2.29. The van der Waals surface area contributed by atoms with Crippen molar-refractivity contribution < 1.29 is 9.47 Å². The molecule has 0 bridgehead atoms. The summed E-state index contributed by atoms with van der Waals surface area (Å²) in [7, 11) is 0. The van der Waals surface area contributed by atoms with Crippen molar-refractivity contribution in [3.05, 3.63) is 28.2 Å². The molecule has 1 heterocycles. The maximum atomic E-state index is 5.63. The van der Waals surface area contributed by atoms with Crippen molar-refractivity contribution in [1.82, 2.24) is 5.32 Å². The first-order valence-electron chi connectivity index (χ1n) is 5.54. The van der Waals surface area contributed by atoms with Crippen molar-refractivity contribution in [3.8, 4) is 5.75 Å². The molecule has 0 unspecified atom stereocenters. The third kappa shape index (κ3) is 2.75. The summed E-state index contributed by atoms with van der Waals surface area (Å²) >= 11 is 3.49. The SMILES string of the molecule is CCOc1ccc(Br)cc1[C@@H]1COCCN1. The zero-order valence-electron chi connectivity index (χ0n) is 9.33. The van der Waals surface area contributed by atoms with Crippen LogP contribution in [0.4, 0.5) is 0 Å². The maximum absolute atomic E-state index is 5.63. The van der Waals surface area contributed by atoms with Gasteiger partial charge in [0.1, 0.15) is 5.75 Å². The van der Waals surface area contributed by atoms with Gasteiger partial charge >= 0.3 is 0 Å². The van der Waals surface area contributed by atoms with E-state index in [2.05, 4.69) is 27.3 Å². The van der Waals surface area contributed by atoms with Crippen LogP contribution in [0, 0.1) is 0 Å². The first-order valence-corrected chi connectivity index (χ1v) is 6.34. The molecular formula is C12H16BrNO2. The summed E-state index contributed by atoms with van der Waals surface area (Å²) in [6.07, 6.45) is 0. The Bertz CT molecular complexity index is 351. The summed E-state index contributed by atoms with van der Waals surface area (Å²) < 4.78 is 12.2. The van der Waals surface area contributed by atoms with Crippen molar-refractivity contribution in [2.75, 3.05) is 26.4 Å². The van der Waals surface area contributed by atoms with Crippen molar-refractivity contribution in [1.29, 1.82) is 0 Å². The van der Waals surface area contributed by atoms with Crippen LogP contribution in [0.2, 0.25) is 0 Å². The number of benzene rings is 1. The number of ether oxygens (including phenoxy) is 2. The Morgan fingerprint density at radius 2 is 2.44 bits per heavy atom. The predicted octanol–water partition coefficient (Wildman–Crippen LogP) is 2.51. The molecule has 0 saturated carbocycles. The van der Waals surface area contributed by atoms with Crippen LogP contribution in [0.15, 0.2) is 22.7 Å². The summed E-state index contributed by atoms with van der Waals surface area (Å²) in [5.41, 5.74) is 1.16. The van der Waals surface area contributed by atoms with E-state index in [1.807, 2.05) is 19.1 Å². The zero-order valence-corrected chi connectivity index (χ0v) is 10.9. The molecule has 2 rings (SSSR count). The van der Waals surface area contributed by atoms with Gasteiger partial charge in [0, 0.05) is 16.6 Å². The predicted molar refractivity (Wildman–Crippen MR) is 66.9 cm³/mol. The fraction of sp³-hybridized carbons (Fsp3) is 0.500. The molecule has 4 heteroatoms. The third-order valence-electron chi connectivity index (χ3n) is 2.57. The summed E-state index contributed by atoms with van der Waals surface area (Å²) in [5, 5.41) is 3.44. The van der Waals surface area contributed by atoms with Gasteiger partial charge < -0.3 is 14.8 Å². The molecule has 1 atom stereocenters. The number of halogens is 1. The van der Waals surface area contributed by atoms with Crippen LogP contribution in [0.1, 0.15) is 18.5 Å². The van der Waals surface area contributed by atoms with Crippen LogP contribution >= 0.6 is 15.9 Å². The highest BCUT2D eigenvalue weighted by molar-refractivity contribution is 9.10. The van der Waals surface area contributed by atoms with Gasteiger partial charge in [0.25, 0.3) is 0 Å². The average Bonchev–Trinajstić information content (AvgIpc) is 2.33. The fourth-order valence-electron chi connectivity index (χ4n) is 1.84. The minimum absolute atomic E-state index is 0.229. The number of nitrogens with one attached hydrogen (secondary N) is 1. The van der Waals surface area contributed by atoms with Crippen LogP contribution in [0.25, 0.3) is 0 Å². The van der Waals surface area contributed by atoms with Crippen LogP contribution < -0.4 is 10.1 Å². The molecule has 0 radical (unpaired) electrons. The Morgan fingerprint density at radius 3 is 3.12 bits per heavy atom. The van der Waals surface area contributed by atoms with Crippen molar-refractivity contribution in [2.24, 2.45) is 0 Å². The molecule has 1 aromatic rings. The van der Waals surface area contributed by atoms with Crippen LogP contribution in [-0.4, -0.2) is 26.4 Å². The van der Waals surface area contributed by atoms with E-state index >= 15 is 0 Å². The minimum atomic E-state index is 0.229. The Balaban J connectivity index is 2.24. The van der Waals surface area contributed by atoms with Gasteiger partial charge in [-0.05, 0) is 25.1 Å². The smallest absolute Gasteiger partial charge is 0.124 e. The lowest BCUT2D eigenvalue weighted by molar-refractivity contribution is 0.0758. The number of rotatable bonds is 3. The lowest BCUT2D eigenvalue weighted by Gasteiger charge is -2.26. The second-order valence-electron chi connectivity index (χ2n) is 3.70. The van der Waals surface area contributed by atoms with Gasteiger partial charge in [-0.15, -0.1) is 0 Å². The Labute approximate surface area is 104 Å². The van der Waals surface area contributed by atoms with Crippen LogP contribution in [0.3, 0.4) is 0 Å². The maximum Gasteiger partial charge on any atom is 0.124 e. The fourth-order valence-corrected chi connectivity index (χ4v) is 2.22. The standard InChI is InChI=1S/C12H16BrNO2/c1-2-16-12-4-3-9(13)7-10(12)11-8-15-6-5-14-11/h3-4,7,11,14H,2,5-6,8H2,1H3/t11-/m0/s1. The van der Waals surface area contributed by atoms with E-state index in [-0.39, 0.29) is 6.04 Å². The number of morpholine rings is 1. The molecule has 1 saturated heterocycles. The first-order chi connectivity index (χ1) is 7.81. The van der Waals surface area contributed by atoms with Crippen molar-refractivity contribution >= 4 is 15.9 Å². The van der Waals surface area contributed by atoms with E-state index in [0.29, 0.717) is 13.2 Å². The second kappa shape index (κ2) is 5.66. The number of hydrogen-bond acceptors (Lipinski definition) is 3. The monoisotopic (exact) mass is 285 g/mol. The molecule has 1 fully saturated rings. The summed E-state index contributed by atoms with van der Waals surface area (Å²) in [6.45, 7) is 5.06. The molecule has 0 spiro atoms. The average molecular weight is 286 g/mol. The van der Waals surface area contributed by atoms with Gasteiger partial charge in [0.2, 0.25) is 0 Å². The minimum Gasteiger partial charge on any atom is -0.494 e. The van der Waals surface area contributed by atoms with Crippen LogP contribution in [-0.2, 0) is 4.74 Å². The van der Waals surface area contributed by atoms with Gasteiger partial charge in [-0.2, -0.15) is 0 Å². The quantitative estimate of drug-likeness (QED) is 0.926. The molecule has 1 N–H and O–H groups in total.